The molecule has 1 heterocycles. The number of carbonyl (C=O) groups excluding carboxylic acids is 2. The number of hydrogen-bond donors (Lipinski definition) is 2. The zero-order valence-corrected chi connectivity index (χ0v) is 26.5. The van der Waals surface area contributed by atoms with Gasteiger partial charge in [-0.25, -0.2) is 0 Å². The van der Waals surface area contributed by atoms with Crippen molar-refractivity contribution in [2.45, 2.75) is 56.8 Å². The van der Waals surface area contributed by atoms with Crippen molar-refractivity contribution in [3.05, 3.63) is 89.5 Å². The Hall–Kier alpha value is -4.20. The maximum absolute atomic E-state index is 12.6. The molecular weight excluding hydrogens is 596 g/mol. The first-order chi connectivity index (χ1) is 22.3. The molecule has 4 rings (SSSR count). The minimum Gasteiger partial charge on any atom is -0.497 e. The first-order valence-electron chi connectivity index (χ1n) is 14.8. The Kier molecular flexibility index (Phi) is 13.2. The smallest absolute Gasteiger partial charge is 0.323 e. The predicted molar refractivity (Wildman–Crippen MR) is 167 cm³/mol. The number of nitrogens with two attached hydrogens (primary N) is 1. The molecule has 1 aliphatic heterocycles. The second kappa shape index (κ2) is 17.5. The van der Waals surface area contributed by atoms with Crippen LogP contribution in [-0.2, 0) is 53.1 Å². The third kappa shape index (κ3) is 9.90. The topological polar surface area (TPSA) is 146 Å². The third-order valence-electron chi connectivity index (χ3n) is 7.51. The molecule has 0 bridgehead atoms. The summed E-state index contributed by atoms with van der Waals surface area (Å²) in [6, 6.07) is 21.5. The fraction of sp³-hybridized carbons (Fsp3) is 0.412. The Bertz CT molecular complexity index is 1370. The van der Waals surface area contributed by atoms with E-state index in [1.165, 1.54) is 7.11 Å². The summed E-state index contributed by atoms with van der Waals surface area (Å²) in [4.78, 5) is 24.4. The molecule has 3 aromatic rings. The lowest BCUT2D eigenvalue weighted by atomic mass is 10.0. The van der Waals surface area contributed by atoms with E-state index in [9.17, 15) is 9.59 Å². The molecule has 5 atom stereocenters. The molecule has 12 heteroatoms. The van der Waals surface area contributed by atoms with Gasteiger partial charge in [-0.2, -0.15) is 0 Å². The lowest BCUT2D eigenvalue weighted by Crippen LogP contribution is -2.63. The van der Waals surface area contributed by atoms with E-state index in [-0.39, 0.29) is 32.8 Å². The van der Waals surface area contributed by atoms with Crippen molar-refractivity contribution >= 4 is 11.9 Å². The van der Waals surface area contributed by atoms with Crippen molar-refractivity contribution in [3.63, 3.8) is 0 Å². The van der Waals surface area contributed by atoms with Crippen molar-refractivity contribution in [1.82, 2.24) is 5.32 Å². The monoisotopic (exact) mass is 638 g/mol. The van der Waals surface area contributed by atoms with Crippen LogP contribution in [0.5, 0.6) is 17.2 Å². The maximum atomic E-state index is 12.6. The van der Waals surface area contributed by atoms with Gasteiger partial charge in [0.05, 0.1) is 61.3 Å². The highest BCUT2D eigenvalue weighted by atomic mass is 16.6. The molecule has 1 amide bonds. The van der Waals surface area contributed by atoms with Gasteiger partial charge >= 0.3 is 5.97 Å². The van der Waals surface area contributed by atoms with E-state index >= 15 is 0 Å². The Morgan fingerprint density at radius 3 is 1.57 bits per heavy atom. The highest BCUT2D eigenvalue weighted by Crippen LogP contribution is 2.27. The van der Waals surface area contributed by atoms with Gasteiger partial charge in [-0.05, 0) is 53.1 Å². The van der Waals surface area contributed by atoms with E-state index in [0.717, 1.165) is 28.2 Å². The minimum absolute atomic E-state index is 0.105. The Morgan fingerprint density at radius 1 is 0.717 bits per heavy atom. The molecular formula is C34H42N2O10. The van der Waals surface area contributed by atoms with Crippen LogP contribution in [0.15, 0.2) is 72.8 Å². The first kappa shape index (κ1) is 34.7. The van der Waals surface area contributed by atoms with E-state index in [0.29, 0.717) is 5.75 Å². The average Bonchev–Trinajstić information content (AvgIpc) is 3.09. The Balaban J connectivity index is 1.61. The van der Waals surface area contributed by atoms with Gasteiger partial charge in [0.15, 0.2) is 0 Å². The zero-order valence-electron chi connectivity index (χ0n) is 26.5. The number of ether oxygens (including phenoxy) is 8. The second-order valence-corrected chi connectivity index (χ2v) is 10.6. The van der Waals surface area contributed by atoms with E-state index in [2.05, 4.69) is 5.32 Å². The number of benzene rings is 3. The molecule has 0 saturated carbocycles. The fourth-order valence-corrected chi connectivity index (χ4v) is 4.95. The highest BCUT2D eigenvalue weighted by Gasteiger charge is 2.44. The summed E-state index contributed by atoms with van der Waals surface area (Å²) in [5.41, 5.74) is 8.15. The van der Waals surface area contributed by atoms with Gasteiger partial charge in [-0.15, -0.1) is 0 Å². The van der Waals surface area contributed by atoms with Gasteiger partial charge in [0.25, 0.3) is 0 Å². The molecule has 2 unspecified atom stereocenters. The molecule has 12 nitrogen and oxygen atoms in total. The molecule has 1 fully saturated rings. The van der Waals surface area contributed by atoms with Crippen LogP contribution in [0.4, 0.5) is 0 Å². The SMILES string of the molecule is COC(=O)[C@H](CC(N)=O)N[C@H]1OC[C@@H](OCc2ccc(OC)cc2)C(OCc2ccc(OC)cc2)C1OCc1ccc(OC)cc1. The van der Waals surface area contributed by atoms with Crippen LogP contribution < -0.4 is 25.3 Å². The van der Waals surface area contributed by atoms with Crippen LogP contribution >= 0.6 is 0 Å². The summed E-state index contributed by atoms with van der Waals surface area (Å²) in [5.74, 6) is 0.836. The van der Waals surface area contributed by atoms with Crippen LogP contribution in [-0.4, -0.2) is 77.5 Å². The first-order valence-corrected chi connectivity index (χ1v) is 14.8. The largest absolute Gasteiger partial charge is 0.497 e. The summed E-state index contributed by atoms with van der Waals surface area (Å²) in [6.45, 7) is 0.792. The molecule has 1 aliphatic rings. The van der Waals surface area contributed by atoms with Crippen LogP contribution in [0.1, 0.15) is 23.1 Å². The molecule has 3 N–H and O–H groups in total. The Labute approximate surface area is 268 Å². The van der Waals surface area contributed by atoms with Gasteiger partial charge in [0, 0.05) is 0 Å². The molecule has 0 aliphatic carbocycles. The standard InChI is InChI=1S/C34H42N2O10/c1-39-25-11-5-22(6-12-25)18-43-29-21-46-33(36-28(17-30(35)37)34(38)42-4)32(45-20-24-9-15-27(41-3)16-10-24)31(29)44-19-23-7-13-26(40-2)14-8-23/h5-16,28-29,31-33,36H,17-21H2,1-4H3,(H2,35,37)/t28-,29+,31?,32?,33-/m0/s1. The molecule has 248 valence electrons. The van der Waals surface area contributed by atoms with Crippen molar-refractivity contribution in [1.29, 1.82) is 0 Å². The fourth-order valence-electron chi connectivity index (χ4n) is 4.95. The number of primary amides is 1. The van der Waals surface area contributed by atoms with Gasteiger partial charge in [0.1, 0.15) is 47.8 Å². The highest BCUT2D eigenvalue weighted by molar-refractivity contribution is 5.84. The quantitative estimate of drug-likeness (QED) is 0.210. The number of methoxy groups -OCH3 is 4. The zero-order chi connectivity index (χ0) is 32.9. The normalized spacial score (nSPS) is 20.0. The number of amides is 1. The van der Waals surface area contributed by atoms with Gasteiger partial charge in [0.2, 0.25) is 5.91 Å². The van der Waals surface area contributed by atoms with E-state index < -0.39 is 42.5 Å². The Morgan fingerprint density at radius 2 is 1.15 bits per heavy atom. The summed E-state index contributed by atoms with van der Waals surface area (Å²) in [5, 5.41) is 3.08. The molecule has 1 saturated heterocycles. The average molecular weight is 639 g/mol. The lowest BCUT2D eigenvalue weighted by Gasteiger charge is -2.43. The van der Waals surface area contributed by atoms with Crippen LogP contribution in [0.3, 0.4) is 0 Å². The lowest BCUT2D eigenvalue weighted by molar-refractivity contribution is -0.245. The van der Waals surface area contributed by atoms with Crippen molar-refractivity contribution < 1.29 is 47.5 Å². The maximum Gasteiger partial charge on any atom is 0.323 e. The van der Waals surface area contributed by atoms with Crippen LogP contribution in [0.25, 0.3) is 0 Å². The van der Waals surface area contributed by atoms with Gasteiger partial charge in [-0.3, -0.25) is 14.9 Å². The summed E-state index contributed by atoms with van der Waals surface area (Å²) in [6.07, 6.45) is -3.21. The molecule has 0 radical (unpaired) electrons. The number of hydrogen-bond acceptors (Lipinski definition) is 11. The molecule has 3 aromatic carbocycles. The van der Waals surface area contributed by atoms with Crippen LogP contribution in [0.2, 0.25) is 0 Å². The predicted octanol–water partition coefficient (Wildman–Crippen LogP) is 3.13. The number of esters is 1. The summed E-state index contributed by atoms with van der Waals surface area (Å²) < 4.78 is 46.4. The van der Waals surface area contributed by atoms with E-state index in [1.54, 1.807) is 21.3 Å². The number of rotatable bonds is 17. The van der Waals surface area contributed by atoms with Crippen molar-refractivity contribution in [2.75, 3.05) is 35.0 Å². The van der Waals surface area contributed by atoms with Gasteiger partial charge in [-0.1, -0.05) is 36.4 Å². The molecule has 0 aromatic heterocycles. The number of carbonyl (C=O) groups is 2. The second-order valence-electron chi connectivity index (χ2n) is 10.6. The van der Waals surface area contributed by atoms with Crippen molar-refractivity contribution in [3.8, 4) is 17.2 Å². The summed E-state index contributed by atoms with van der Waals surface area (Å²) in [7, 11) is 6.05. The third-order valence-corrected chi connectivity index (χ3v) is 7.51. The minimum atomic E-state index is -1.07. The van der Waals surface area contributed by atoms with E-state index in [4.69, 9.17) is 43.6 Å². The molecule has 46 heavy (non-hydrogen) atoms. The van der Waals surface area contributed by atoms with E-state index in [1.807, 2.05) is 72.8 Å². The van der Waals surface area contributed by atoms with Crippen LogP contribution in [0, 0.1) is 0 Å². The summed E-state index contributed by atoms with van der Waals surface area (Å²) >= 11 is 0. The van der Waals surface area contributed by atoms with Gasteiger partial charge < -0.3 is 43.6 Å². The molecule has 0 spiro atoms. The van der Waals surface area contributed by atoms with Crippen molar-refractivity contribution in [2.24, 2.45) is 5.73 Å². The number of nitrogens with one attached hydrogen (secondary N) is 1.